The van der Waals surface area contributed by atoms with Gasteiger partial charge in [0.25, 0.3) is 0 Å². The Hall–Kier alpha value is -2.77. The highest BCUT2D eigenvalue weighted by Crippen LogP contribution is 2.19. The molecular weight excluding hydrogens is 312 g/mol. The molecule has 2 fully saturated rings. The Morgan fingerprint density at radius 3 is 3.12 bits per heavy atom. The van der Waals surface area contributed by atoms with Crippen molar-refractivity contribution in [3.63, 3.8) is 0 Å². The lowest BCUT2D eigenvalue weighted by Gasteiger charge is -2.35. The third kappa shape index (κ3) is 2.53. The normalized spacial score (nSPS) is 20.2. The molecule has 2 saturated heterocycles. The van der Waals surface area contributed by atoms with Crippen molar-refractivity contribution in [2.75, 3.05) is 26.2 Å². The lowest BCUT2D eigenvalue weighted by Crippen LogP contribution is -2.55. The van der Waals surface area contributed by atoms with E-state index in [-0.39, 0.29) is 24.7 Å². The second-order valence-corrected chi connectivity index (χ2v) is 6.06. The summed E-state index contributed by atoms with van der Waals surface area (Å²) in [5.41, 5.74) is 2.57. The number of aromatic nitrogens is 1. The fraction of sp³-hybridized carbons (Fsp3) is 0.438. The number of amides is 3. The lowest BCUT2D eigenvalue weighted by molar-refractivity contribution is 0.126. The van der Waals surface area contributed by atoms with Gasteiger partial charge >= 0.3 is 12.1 Å². The minimum Gasteiger partial charge on any atom is -0.447 e. The maximum absolute atomic E-state index is 12.3. The molecule has 0 saturated carbocycles. The van der Waals surface area contributed by atoms with Crippen molar-refractivity contribution >= 4 is 23.2 Å². The molecule has 2 aromatic rings. The number of piperazine rings is 1. The number of ether oxygens (including phenoxy) is 1. The van der Waals surface area contributed by atoms with Gasteiger partial charge in [0.05, 0.1) is 12.6 Å². The standard InChI is InChI=1S/C16H18N4O4/c1-10-3-2-4-12-14(10)18-13(24-12)7-17-15(21)19-5-6-20-11(8-19)9-23-16(20)22/h2-4,11H,5-9H2,1H3,(H,17,21)/t11-/m1/s1. The number of oxazole rings is 1. The second-order valence-electron chi connectivity index (χ2n) is 6.06. The molecule has 2 aliphatic rings. The summed E-state index contributed by atoms with van der Waals surface area (Å²) in [5.74, 6) is 0.477. The van der Waals surface area contributed by atoms with E-state index in [0.717, 1.165) is 16.7 Å². The fourth-order valence-electron chi connectivity index (χ4n) is 3.14. The highest BCUT2D eigenvalue weighted by atomic mass is 16.6. The van der Waals surface area contributed by atoms with Crippen LogP contribution in [0.2, 0.25) is 0 Å². The molecule has 3 heterocycles. The Kier molecular flexibility index (Phi) is 3.51. The summed E-state index contributed by atoms with van der Waals surface area (Å²) in [6.07, 6.45) is -0.290. The van der Waals surface area contributed by atoms with Gasteiger partial charge in [0.2, 0.25) is 5.89 Å². The average Bonchev–Trinajstić information content (AvgIpc) is 3.17. The van der Waals surface area contributed by atoms with E-state index in [4.69, 9.17) is 9.15 Å². The third-order valence-electron chi connectivity index (χ3n) is 4.46. The molecule has 1 N–H and O–H groups in total. The van der Waals surface area contributed by atoms with Crippen molar-refractivity contribution in [2.24, 2.45) is 0 Å². The van der Waals surface area contributed by atoms with E-state index in [1.54, 1.807) is 9.80 Å². The van der Waals surface area contributed by atoms with Gasteiger partial charge in [0.15, 0.2) is 5.58 Å². The number of para-hydroxylation sites is 1. The first-order chi connectivity index (χ1) is 11.6. The Balaban J connectivity index is 1.37. The molecule has 8 heteroatoms. The van der Waals surface area contributed by atoms with Crippen LogP contribution in [0, 0.1) is 6.92 Å². The Morgan fingerprint density at radius 1 is 1.42 bits per heavy atom. The lowest BCUT2D eigenvalue weighted by atomic mass is 10.2. The van der Waals surface area contributed by atoms with Crippen LogP contribution in [-0.2, 0) is 11.3 Å². The van der Waals surface area contributed by atoms with Gasteiger partial charge in [-0.3, -0.25) is 4.90 Å². The predicted molar refractivity (Wildman–Crippen MR) is 84.4 cm³/mol. The highest BCUT2D eigenvalue weighted by molar-refractivity contribution is 5.77. The topological polar surface area (TPSA) is 87.9 Å². The second kappa shape index (κ2) is 5.70. The molecule has 24 heavy (non-hydrogen) atoms. The largest absolute Gasteiger partial charge is 0.447 e. The molecule has 0 bridgehead atoms. The number of carbonyl (C=O) groups is 2. The first-order valence-electron chi connectivity index (χ1n) is 7.93. The van der Waals surface area contributed by atoms with Crippen molar-refractivity contribution < 1.29 is 18.7 Å². The molecule has 1 aromatic heterocycles. The summed E-state index contributed by atoms with van der Waals surface area (Å²) in [7, 11) is 0. The summed E-state index contributed by atoms with van der Waals surface area (Å²) < 4.78 is 10.7. The zero-order valence-corrected chi connectivity index (χ0v) is 13.3. The number of aryl methyl sites for hydroxylation is 1. The van der Waals surface area contributed by atoms with Crippen LogP contribution in [0.15, 0.2) is 22.6 Å². The van der Waals surface area contributed by atoms with E-state index in [2.05, 4.69) is 10.3 Å². The van der Waals surface area contributed by atoms with Gasteiger partial charge in [0, 0.05) is 19.6 Å². The molecule has 4 rings (SSSR count). The molecule has 1 aromatic carbocycles. The summed E-state index contributed by atoms with van der Waals surface area (Å²) in [6, 6.07) is 5.50. The van der Waals surface area contributed by atoms with Gasteiger partial charge in [-0.2, -0.15) is 0 Å². The summed E-state index contributed by atoms with van der Waals surface area (Å²) in [5, 5.41) is 2.83. The molecule has 0 unspecified atom stereocenters. The average molecular weight is 330 g/mol. The van der Waals surface area contributed by atoms with Crippen LogP contribution in [0.25, 0.3) is 11.1 Å². The van der Waals surface area contributed by atoms with E-state index >= 15 is 0 Å². The predicted octanol–water partition coefficient (Wildman–Crippen LogP) is 1.48. The minimum absolute atomic E-state index is 0.0519. The van der Waals surface area contributed by atoms with Crippen molar-refractivity contribution in [3.8, 4) is 0 Å². The summed E-state index contributed by atoms with van der Waals surface area (Å²) >= 11 is 0. The minimum atomic E-state index is -0.290. The maximum atomic E-state index is 12.3. The number of cyclic esters (lactones) is 1. The summed E-state index contributed by atoms with van der Waals surface area (Å²) in [4.78, 5) is 31.6. The summed E-state index contributed by atoms with van der Waals surface area (Å²) in [6.45, 7) is 4.01. The number of hydrogen-bond acceptors (Lipinski definition) is 5. The van der Waals surface area contributed by atoms with E-state index in [9.17, 15) is 9.59 Å². The van der Waals surface area contributed by atoms with Crippen molar-refractivity contribution in [3.05, 3.63) is 29.7 Å². The van der Waals surface area contributed by atoms with E-state index in [1.807, 2.05) is 25.1 Å². The van der Waals surface area contributed by atoms with Gasteiger partial charge in [-0.05, 0) is 18.6 Å². The van der Waals surface area contributed by atoms with Crippen LogP contribution in [0.5, 0.6) is 0 Å². The Bertz CT molecular complexity index is 802. The van der Waals surface area contributed by atoms with Crippen LogP contribution in [-0.4, -0.2) is 59.2 Å². The molecule has 8 nitrogen and oxygen atoms in total. The van der Waals surface area contributed by atoms with Crippen LogP contribution < -0.4 is 5.32 Å². The number of nitrogens with one attached hydrogen (secondary N) is 1. The van der Waals surface area contributed by atoms with Crippen LogP contribution in [0.3, 0.4) is 0 Å². The maximum Gasteiger partial charge on any atom is 0.410 e. The third-order valence-corrected chi connectivity index (χ3v) is 4.46. The van der Waals surface area contributed by atoms with Crippen LogP contribution >= 0.6 is 0 Å². The fourth-order valence-corrected chi connectivity index (χ4v) is 3.14. The van der Waals surface area contributed by atoms with Crippen molar-refractivity contribution in [2.45, 2.75) is 19.5 Å². The van der Waals surface area contributed by atoms with Crippen molar-refractivity contribution in [1.82, 2.24) is 20.1 Å². The highest BCUT2D eigenvalue weighted by Gasteiger charge is 2.38. The molecule has 1 atom stereocenters. The number of carbonyl (C=O) groups excluding carboxylic acids is 2. The van der Waals surface area contributed by atoms with Crippen LogP contribution in [0.4, 0.5) is 9.59 Å². The molecule has 3 amide bonds. The van der Waals surface area contributed by atoms with Crippen molar-refractivity contribution in [1.29, 1.82) is 0 Å². The first kappa shape index (κ1) is 14.8. The monoisotopic (exact) mass is 330 g/mol. The Labute approximate surface area is 138 Å². The van der Waals surface area contributed by atoms with E-state index in [1.165, 1.54) is 0 Å². The van der Waals surface area contributed by atoms with Gasteiger partial charge in [-0.15, -0.1) is 0 Å². The van der Waals surface area contributed by atoms with Gasteiger partial charge < -0.3 is 19.4 Å². The molecule has 2 aliphatic heterocycles. The molecule has 0 radical (unpaired) electrons. The molecule has 126 valence electrons. The zero-order valence-electron chi connectivity index (χ0n) is 13.3. The van der Waals surface area contributed by atoms with E-state index in [0.29, 0.717) is 32.1 Å². The van der Waals surface area contributed by atoms with Gasteiger partial charge in [-0.25, -0.2) is 14.6 Å². The molecule has 0 aliphatic carbocycles. The number of benzene rings is 1. The molecule has 0 spiro atoms. The number of rotatable bonds is 2. The van der Waals surface area contributed by atoms with Crippen LogP contribution in [0.1, 0.15) is 11.5 Å². The number of urea groups is 1. The molecular formula is C16H18N4O4. The number of nitrogens with zero attached hydrogens (tertiary/aromatic N) is 3. The SMILES string of the molecule is Cc1cccc2oc(CNC(=O)N3CCN4C(=O)OC[C@H]4C3)nc12. The quantitative estimate of drug-likeness (QED) is 0.901. The zero-order chi connectivity index (χ0) is 16.7. The Morgan fingerprint density at radius 2 is 2.29 bits per heavy atom. The first-order valence-corrected chi connectivity index (χ1v) is 7.93. The smallest absolute Gasteiger partial charge is 0.410 e. The van der Waals surface area contributed by atoms with E-state index < -0.39 is 0 Å². The van der Waals surface area contributed by atoms with Gasteiger partial charge in [0.1, 0.15) is 12.1 Å². The van der Waals surface area contributed by atoms with Gasteiger partial charge in [-0.1, -0.05) is 12.1 Å². The number of fused-ring (bicyclic) bond motifs is 2. The number of hydrogen-bond donors (Lipinski definition) is 1.